The number of aromatic nitrogens is 3. The molecule has 1 aliphatic rings. The number of piperidine rings is 1. The Morgan fingerprint density at radius 2 is 1.91 bits per heavy atom. The number of benzene rings is 2. The van der Waals surface area contributed by atoms with Gasteiger partial charge in [0.25, 0.3) is 0 Å². The third-order valence-corrected chi connectivity index (χ3v) is 6.01. The van der Waals surface area contributed by atoms with Crippen LogP contribution in [0.1, 0.15) is 24.8 Å². The first-order chi connectivity index (χ1) is 16.7. The molecule has 34 heavy (non-hydrogen) atoms. The lowest BCUT2D eigenvalue weighted by molar-refractivity contribution is -0.111. The number of anilines is 1. The second kappa shape index (κ2) is 9.89. The standard InChI is InChI=1S/C27H27N5O2/c1-2-25(33)30-21-7-6-8-22(15-21)34-27-23-16-24(31-26(23)28-18-29-27)20-11-9-19(10-12-20)17-32-13-4-3-5-14-32/h2,6-12,15-16,18H,1,3-5,13-14,17H2,(H,30,33)(H,28,29,31). The van der Waals surface area contributed by atoms with Crippen molar-refractivity contribution >= 4 is 22.6 Å². The van der Waals surface area contributed by atoms with Gasteiger partial charge in [-0.2, -0.15) is 0 Å². The highest BCUT2D eigenvalue weighted by Crippen LogP contribution is 2.31. The molecular formula is C27H27N5O2. The Labute approximate surface area is 198 Å². The average Bonchev–Trinajstić information content (AvgIpc) is 3.31. The number of nitrogens with one attached hydrogen (secondary N) is 2. The van der Waals surface area contributed by atoms with Crippen molar-refractivity contribution in [3.05, 3.63) is 79.1 Å². The molecule has 0 unspecified atom stereocenters. The van der Waals surface area contributed by atoms with Crippen LogP contribution in [0.5, 0.6) is 11.6 Å². The number of carbonyl (C=O) groups excluding carboxylic acids is 1. The van der Waals surface area contributed by atoms with E-state index in [0.717, 1.165) is 23.2 Å². The zero-order valence-electron chi connectivity index (χ0n) is 19.0. The number of H-pyrrole nitrogens is 1. The second-order valence-corrected chi connectivity index (χ2v) is 8.48. The minimum Gasteiger partial charge on any atom is -0.438 e. The maximum Gasteiger partial charge on any atom is 0.247 e. The topological polar surface area (TPSA) is 83.1 Å². The number of hydrogen-bond acceptors (Lipinski definition) is 5. The van der Waals surface area contributed by atoms with Gasteiger partial charge < -0.3 is 15.0 Å². The molecule has 3 heterocycles. The molecule has 0 saturated carbocycles. The molecular weight excluding hydrogens is 426 g/mol. The van der Waals surface area contributed by atoms with Crippen LogP contribution >= 0.6 is 0 Å². The highest BCUT2D eigenvalue weighted by Gasteiger charge is 2.13. The molecule has 2 N–H and O–H groups in total. The van der Waals surface area contributed by atoms with E-state index in [1.807, 2.05) is 12.1 Å². The van der Waals surface area contributed by atoms with Gasteiger partial charge in [0.05, 0.1) is 5.39 Å². The van der Waals surface area contributed by atoms with E-state index in [1.165, 1.54) is 50.3 Å². The number of nitrogens with zero attached hydrogens (tertiary/aromatic N) is 3. The van der Waals surface area contributed by atoms with Crippen LogP contribution in [0, 0.1) is 0 Å². The van der Waals surface area contributed by atoms with E-state index in [9.17, 15) is 4.79 Å². The summed E-state index contributed by atoms with van der Waals surface area (Å²) in [6.45, 7) is 6.85. The van der Waals surface area contributed by atoms with Crippen LogP contribution < -0.4 is 10.1 Å². The fraction of sp³-hybridized carbons (Fsp3) is 0.222. The quantitative estimate of drug-likeness (QED) is 0.360. The Morgan fingerprint density at radius 1 is 1.09 bits per heavy atom. The number of rotatable bonds is 7. The monoisotopic (exact) mass is 453 g/mol. The van der Waals surface area contributed by atoms with Crippen LogP contribution in [0.3, 0.4) is 0 Å². The molecule has 1 fully saturated rings. The Bertz CT molecular complexity index is 1310. The lowest BCUT2D eigenvalue weighted by Crippen LogP contribution is -2.28. The van der Waals surface area contributed by atoms with Crippen LogP contribution in [-0.2, 0) is 11.3 Å². The number of amides is 1. The third-order valence-electron chi connectivity index (χ3n) is 6.01. The predicted molar refractivity (Wildman–Crippen MR) is 134 cm³/mol. The highest BCUT2D eigenvalue weighted by molar-refractivity contribution is 5.99. The summed E-state index contributed by atoms with van der Waals surface area (Å²) in [6, 6.07) is 17.8. The van der Waals surface area contributed by atoms with E-state index in [4.69, 9.17) is 4.74 Å². The minimum absolute atomic E-state index is 0.279. The molecule has 7 nitrogen and oxygen atoms in total. The van der Waals surface area contributed by atoms with Gasteiger partial charge in [0.15, 0.2) is 0 Å². The van der Waals surface area contributed by atoms with E-state index >= 15 is 0 Å². The molecule has 0 radical (unpaired) electrons. The maximum absolute atomic E-state index is 11.6. The SMILES string of the molecule is C=CC(=O)Nc1cccc(Oc2ncnc3[nH]c(-c4ccc(CN5CCCCC5)cc4)cc23)c1. The van der Waals surface area contributed by atoms with Gasteiger partial charge in [0.2, 0.25) is 11.8 Å². The lowest BCUT2D eigenvalue weighted by Gasteiger charge is -2.26. The summed E-state index contributed by atoms with van der Waals surface area (Å²) >= 11 is 0. The van der Waals surface area contributed by atoms with Crippen molar-refractivity contribution in [2.75, 3.05) is 18.4 Å². The van der Waals surface area contributed by atoms with Crippen molar-refractivity contribution in [1.82, 2.24) is 19.9 Å². The van der Waals surface area contributed by atoms with Crippen molar-refractivity contribution in [3.8, 4) is 22.9 Å². The summed E-state index contributed by atoms with van der Waals surface area (Å²) in [5.41, 5.74) is 4.69. The fourth-order valence-corrected chi connectivity index (χ4v) is 4.26. The molecule has 0 spiro atoms. The molecule has 0 bridgehead atoms. The van der Waals surface area contributed by atoms with E-state index in [-0.39, 0.29) is 5.91 Å². The fourth-order valence-electron chi connectivity index (χ4n) is 4.26. The van der Waals surface area contributed by atoms with E-state index in [0.29, 0.717) is 23.0 Å². The number of likely N-dealkylation sites (tertiary alicyclic amines) is 1. The first kappa shape index (κ1) is 21.9. The molecule has 2 aromatic heterocycles. The van der Waals surface area contributed by atoms with Crippen molar-refractivity contribution < 1.29 is 9.53 Å². The van der Waals surface area contributed by atoms with Crippen LogP contribution in [0.4, 0.5) is 5.69 Å². The van der Waals surface area contributed by atoms with Crippen molar-refractivity contribution in [2.45, 2.75) is 25.8 Å². The molecule has 7 heteroatoms. The van der Waals surface area contributed by atoms with Gasteiger partial charge in [-0.25, -0.2) is 9.97 Å². The van der Waals surface area contributed by atoms with E-state index < -0.39 is 0 Å². The maximum atomic E-state index is 11.6. The Morgan fingerprint density at radius 3 is 2.71 bits per heavy atom. The van der Waals surface area contributed by atoms with Crippen molar-refractivity contribution in [1.29, 1.82) is 0 Å². The van der Waals surface area contributed by atoms with Gasteiger partial charge in [0.1, 0.15) is 17.7 Å². The number of aromatic amines is 1. The number of ether oxygens (including phenoxy) is 1. The molecule has 0 aliphatic carbocycles. The molecule has 172 valence electrons. The Hall–Kier alpha value is -3.97. The first-order valence-electron chi connectivity index (χ1n) is 11.5. The molecule has 2 aromatic carbocycles. The van der Waals surface area contributed by atoms with Crippen LogP contribution in [0.2, 0.25) is 0 Å². The van der Waals surface area contributed by atoms with Gasteiger partial charge in [-0.05, 0) is 61.3 Å². The van der Waals surface area contributed by atoms with Gasteiger partial charge in [-0.1, -0.05) is 43.3 Å². The third kappa shape index (κ3) is 5.00. The molecule has 5 rings (SSSR count). The summed E-state index contributed by atoms with van der Waals surface area (Å²) < 4.78 is 6.05. The van der Waals surface area contributed by atoms with E-state index in [2.05, 4.69) is 56.0 Å². The summed E-state index contributed by atoms with van der Waals surface area (Å²) in [5, 5.41) is 3.52. The summed E-state index contributed by atoms with van der Waals surface area (Å²) in [6.07, 6.45) is 6.65. The van der Waals surface area contributed by atoms with Crippen molar-refractivity contribution in [2.24, 2.45) is 0 Å². The normalized spacial score (nSPS) is 14.1. The largest absolute Gasteiger partial charge is 0.438 e. The van der Waals surface area contributed by atoms with Crippen LogP contribution in [0.15, 0.2) is 73.6 Å². The van der Waals surface area contributed by atoms with Gasteiger partial charge >= 0.3 is 0 Å². The van der Waals surface area contributed by atoms with Gasteiger partial charge in [-0.15, -0.1) is 0 Å². The predicted octanol–water partition coefficient (Wildman–Crippen LogP) is 5.53. The van der Waals surface area contributed by atoms with Gasteiger partial charge in [-0.3, -0.25) is 9.69 Å². The molecule has 0 atom stereocenters. The van der Waals surface area contributed by atoms with Crippen LogP contribution in [0.25, 0.3) is 22.3 Å². The van der Waals surface area contributed by atoms with Crippen LogP contribution in [-0.4, -0.2) is 38.8 Å². The minimum atomic E-state index is -0.279. The molecule has 4 aromatic rings. The molecule has 1 aliphatic heterocycles. The zero-order chi connectivity index (χ0) is 23.3. The lowest BCUT2D eigenvalue weighted by atomic mass is 10.1. The summed E-state index contributed by atoms with van der Waals surface area (Å²) in [4.78, 5) is 26.2. The number of fused-ring (bicyclic) bond motifs is 1. The molecule has 1 amide bonds. The Balaban J connectivity index is 1.35. The van der Waals surface area contributed by atoms with Gasteiger partial charge in [0, 0.05) is 24.0 Å². The number of carbonyl (C=O) groups is 1. The number of hydrogen-bond donors (Lipinski definition) is 2. The summed E-state index contributed by atoms with van der Waals surface area (Å²) in [5.74, 6) is 0.729. The highest BCUT2D eigenvalue weighted by atomic mass is 16.5. The first-order valence-corrected chi connectivity index (χ1v) is 11.5. The smallest absolute Gasteiger partial charge is 0.247 e. The summed E-state index contributed by atoms with van der Waals surface area (Å²) in [7, 11) is 0. The van der Waals surface area contributed by atoms with E-state index in [1.54, 1.807) is 18.2 Å². The van der Waals surface area contributed by atoms with Crippen molar-refractivity contribution in [3.63, 3.8) is 0 Å². The average molecular weight is 454 g/mol. The Kier molecular flexibility index (Phi) is 6.35. The zero-order valence-corrected chi connectivity index (χ0v) is 19.0. The molecule has 1 saturated heterocycles. The second-order valence-electron chi connectivity index (χ2n) is 8.48.